The number of nitrogens with zero attached hydrogens (tertiary/aromatic N) is 1. The van der Waals surface area contributed by atoms with Crippen LogP contribution in [-0.2, 0) is 16.5 Å². The number of carbonyl (C=O) groups is 2. The van der Waals surface area contributed by atoms with E-state index in [1.165, 1.54) is 20.3 Å². The summed E-state index contributed by atoms with van der Waals surface area (Å²) in [5.41, 5.74) is 2.20. The molecular formula is C12H16NO4+. The minimum atomic E-state index is -0.469. The van der Waals surface area contributed by atoms with Crippen LogP contribution < -0.4 is 4.57 Å². The molecular weight excluding hydrogens is 222 g/mol. The standard InChI is InChI=1S/C12H16NO4/c1-7-9(11(14)16-4)6-10(12(15)17-5)8(2)13(7)3/h6H,1-5H3/q+1. The molecule has 5 nitrogen and oxygen atoms in total. The van der Waals surface area contributed by atoms with Gasteiger partial charge >= 0.3 is 11.9 Å². The number of pyridine rings is 1. The Morgan fingerprint density at radius 2 is 1.35 bits per heavy atom. The quantitative estimate of drug-likeness (QED) is 0.562. The van der Waals surface area contributed by atoms with Gasteiger partial charge in [-0.15, -0.1) is 0 Å². The van der Waals surface area contributed by atoms with E-state index in [2.05, 4.69) is 9.47 Å². The van der Waals surface area contributed by atoms with E-state index in [1.807, 2.05) is 0 Å². The molecule has 92 valence electrons. The summed E-state index contributed by atoms with van der Waals surface area (Å²) in [5.74, 6) is -0.938. The SMILES string of the molecule is COC(=O)c1cc(C(=O)OC)c(C)[n+](C)c1C. The molecule has 0 bridgehead atoms. The number of ether oxygens (including phenoxy) is 2. The molecule has 0 N–H and O–H groups in total. The first-order valence-corrected chi connectivity index (χ1v) is 5.10. The minimum absolute atomic E-state index is 0.362. The van der Waals surface area contributed by atoms with E-state index in [1.54, 1.807) is 25.5 Å². The fourth-order valence-corrected chi connectivity index (χ4v) is 1.60. The Labute approximate surface area is 100.0 Å². The highest BCUT2D eigenvalue weighted by atomic mass is 16.5. The van der Waals surface area contributed by atoms with Crippen LogP contribution in [-0.4, -0.2) is 26.2 Å². The van der Waals surface area contributed by atoms with Gasteiger partial charge in [-0.05, 0) is 6.07 Å². The first-order valence-electron chi connectivity index (χ1n) is 5.10. The van der Waals surface area contributed by atoms with Crippen molar-refractivity contribution in [3.63, 3.8) is 0 Å². The molecule has 0 aliphatic heterocycles. The third-order valence-electron chi connectivity index (χ3n) is 2.89. The van der Waals surface area contributed by atoms with Gasteiger partial charge in [0.05, 0.1) is 14.2 Å². The summed E-state index contributed by atoms with van der Waals surface area (Å²) in [6, 6.07) is 1.50. The highest BCUT2D eigenvalue weighted by Crippen LogP contribution is 2.12. The fourth-order valence-electron chi connectivity index (χ4n) is 1.60. The van der Waals surface area contributed by atoms with Crippen LogP contribution >= 0.6 is 0 Å². The molecule has 0 spiro atoms. The largest absolute Gasteiger partial charge is 0.465 e. The number of methoxy groups -OCH3 is 2. The second-order valence-electron chi connectivity index (χ2n) is 3.68. The average Bonchev–Trinajstić information content (AvgIpc) is 2.34. The highest BCUT2D eigenvalue weighted by molar-refractivity contribution is 5.95. The molecule has 0 amide bonds. The molecule has 1 heterocycles. The number of rotatable bonds is 2. The summed E-state index contributed by atoms with van der Waals surface area (Å²) in [7, 11) is 4.39. The Morgan fingerprint density at radius 1 is 1.00 bits per heavy atom. The number of esters is 2. The van der Waals surface area contributed by atoms with Gasteiger partial charge in [-0.2, -0.15) is 0 Å². The van der Waals surface area contributed by atoms with Gasteiger partial charge in [0.2, 0.25) is 0 Å². The van der Waals surface area contributed by atoms with Gasteiger partial charge in [-0.1, -0.05) is 0 Å². The molecule has 0 saturated heterocycles. The number of carbonyl (C=O) groups excluding carboxylic acids is 2. The Balaban J connectivity index is 3.49. The summed E-state index contributed by atoms with van der Waals surface area (Å²) in [6.07, 6.45) is 0. The van der Waals surface area contributed by atoms with Gasteiger partial charge in [-0.25, -0.2) is 14.2 Å². The van der Waals surface area contributed by atoms with Gasteiger partial charge in [0.15, 0.2) is 11.4 Å². The molecule has 1 rings (SSSR count). The lowest BCUT2D eigenvalue weighted by Gasteiger charge is -2.08. The molecule has 0 atom stereocenters. The second kappa shape index (κ2) is 4.95. The molecule has 0 saturated carbocycles. The number of aromatic nitrogens is 1. The predicted molar refractivity (Wildman–Crippen MR) is 59.8 cm³/mol. The van der Waals surface area contributed by atoms with Crippen LogP contribution in [0.2, 0.25) is 0 Å². The second-order valence-corrected chi connectivity index (χ2v) is 3.68. The van der Waals surface area contributed by atoms with Gasteiger partial charge < -0.3 is 9.47 Å². The van der Waals surface area contributed by atoms with E-state index < -0.39 is 11.9 Å². The van der Waals surface area contributed by atoms with Crippen LogP contribution in [0.3, 0.4) is 0 Å². The van der Waals surface area contributed by atoms with Gasteiger partial charge in [-0.3, -0.25) is 0 Å². The molecule has 0 aliphatic carbocycles. The van der Waals surface area contributed by atoms with Crippen LogP contribution in [0.5, 0.6) is 0 Å². The smallest absolute Gasteiger partial charge is 0.344 e. The van der Waals surface area contributed by atoms with Crippen molar-refractivity contribution in [3.8, 4) is 0 Å². The van der Waals surface area contributed by atoms with E-state index in [9.17, 15) is 9.59 Å². The Hall–Kier alpha value is -1.91. The maximum Gasteiger partial charge on any atom is 0.344 e. The van der Waals surface area contributed by atoms with Crippen LogP contribution in [0.15, 0.2) is 6.07 Å². The first-order chi connectivity index (χ1) is 7.93. The molecule has 0 unspecified atom stereocenters. The molecule has 1 aromatic heterocycles. The molecule has 0 fully saturated rings. The molecule has 17 heavy (non-hydrogen) atoms. The Morgan fingerprint density at radius 3 is 1.65 bits per heavy atom. The van der Waals surface area contributed by atoms with E-state index in [-0.39, 0.29) is 0 Å². The molecule has 0 aliphatic rings. The van der Waals surface area contributed by atoms with Crippen molar-refractivity contribution in [2.24, 2.45) is 7.05 Å². The summed E-state index contributed by atoms with van der Waals surface area (Å²) in [6.45, 7) is 3.58. The Kier molecular flexibility index (Phi) is 3.83. The number of hydrogen-bond acceptors (Lipinski definition) is 4. The fraction of sp³-hybridized carbons (Fsp3) is 0.417. The monoisotopic (exact) mass is 238 g/mol. The van der Waals surface area contributed by atoms with Gasteiger partial charge in [0.25, 0.3) is 0 Å². The van der Waals surface area contributed by atoms with Crippen LogP contribution in [0, 0.1) is 13.8 Å². The summed E-state index contributed by atoms with van der Waals surface area (Å²) in [5, 5.41) is 0. The molecule has 0 aromatic carbocycles. The zero-order valence-corrected chi connectivity index (χ0v) is 10.7. The third-order valence-corrected chi connectivity index (χ3v) is 2.89. The zero-order chi connectivity index (χ0) is 13.2. The maximum atomic E-state index is 11.6. The average molecular weight is 238 g/mol. The van der Waals surface area contributed by atoms with Crippen LogP contribution in [0.25, 0.3) is 0 Å². The predicted octanol–water partition coefficient (Wildman–Crippen LogP) is 0.701. The van der Waals surface area contributed by atoms with E-state index in [0.29, 0.717) is 11.1 Å². The van der Waals surface area contributed by atoms with E-state index in [0.717, 1.165) is 11.4 Å². The molecule has 0 radical (unpaired) electrons. The lowest BCUT2D eigenvalue weighted by molar-refractivity contribution is -0.684. The topological polar surface area (TPSA) is 56.5 Å². The summed E-state index contributed by atoms with van der Waals surface area (Å²) >= 11 is 0. The third kappa shape index (κ3) is 2.27. The molecule has 1 aromatic rings. The summed E-state index contributed by atoms with van der Waals surface area (Å²) < 4.78 is 11.1. The van der Waals surface area contributed by atoms with E-state index >= 15 is 0 Å². The van der Waals surface area contributed by atoms with Gasteiger partial charge in [0.1, 0.15) is 18.2 Å². The van der Waals surface area contributed by atoms with Crippen LogP contribution in [0.1, 0.15) is 32.1 Å². The zero-order valence-electron chi connectivity index (χ0n) is 10.7. The minimum Gasteiger partial charge on any atom is -0.465 e. The lowest BCUT2D eigenvalue weighted by atomic mass is 10.1. The van der Waals surface area contributed by atoms with Crippen molar-refractivity contribution in [1.29, 1.82) is 0 Å². The van der Waals surface area contributed by atoms with Gasteiger partial charge in [0, 0.05) is 13.8 Å². The lowest BCUT2D eigenvalue weighted by Crippen LogP contribution is -2.39. The van der Waals surface area contributed by atoms with Crippen molar-refractivity contribution in [2.75, 3.05) is 14.2 Å². The van der Waals surface area contributed by atoms with Crippen molar-refractivity contribution in [2.45, 2.75) is 13.8 Å². The van der Waals surface area contributed by atoms with Crippen molar-refractivity contribution >= 4 is 11.9 Å². The van der Waals surface area contributed by atoms with Crippen molar-refractivity contribution in [3.05, 3.63) is 28.6 Å². The van der Waals surface area contributed by atoms with Crippen molar-refractivity contribution in [1.82, 2.24) is 0 Å². The highest BCUT2D eigenvalue weighted by Gasteiger charge is 2.25. The van der Waals surface area contributed by atoms with Crippen LogP contribution in [0.4, 0.5) is 0 Å². The maximum absolute atomic E-state index is 11.6. The summed E-state index contributed by atoms with van der Waals surface area (Å²) in [4.78, 5) is 23.1. The van der Waals surface area contributed by atoms with E-state index in [4.69, 9.17) is 0 Å². The Bertz CT molecular complexity index is 440. The first kappa shape index (κ1) is 13.2. The van der Waals surface area contributed by atoms with Crippen molar-refractivity contribution < 1.29 is 23.6 Å². The molecule has 5 heteroatoms. The normalized spacial score (nSPS) is 9.94. The number of hydrogen-bond donors (Lipinski definition) is 0.